The molecule has 2 aromatic rings. The third-order valence-electron chi connectivity index (χ3n) is 4.54. The summed E-state index contributed by atoms with van der Waals surface area (Å²) in [6.07, 6.45) is 5.05. The molecule has 0 atom stereocenters. The molecule has 0 aliphatic carbocycles. The molecule has 1 aliphatic heterocycles. The Morgan fingerprint density at radius 3 is 2.67 bits per heavy atom. The van der Waals surface area contributed by atoms with Gasteiger partial charge in [0.25, 0.3) is 5.91 Å². The third-order valence-corrected chi connectivity index (χ3v) is 4.54. The number of nitriles is 1. The van der Waals surface area contributed by atoms with Crippen LogP contribution in [0.5, 0.6) is 5.75 Å². The molecule has 0 aromatic heterocycles. The number of hydrogen-bond donors (Lipinski definition) is 1. The van der Waals surface area contributed by atoms with Crippen molar-refractivity contribution in [1.29, 1.82) is 5.26 Å². The molecule has 0 fully saturated rings. The lowest BCUT2D eigenvalue weighted by Gasteiger charge is -2.18. The van der Waals surface area contributed by atoms with Crippen LogP contribution in [0.15, 0.2) is 53.2 Å². The van der Waals surface area contributed by atoms with Gasteiger partial charge >= 0.3 is 0 Å². The number of amides is 1. The van der Waals surface area contributed by atoms with E-state index in [1.165, 1.54) is 12.1 Å². The zero-order chi connectivity index (χ0) is 21.8. The van der Waals surface area contributed by atoms with Gasteiger partial charge in [-0.25, -0.2) is 9.38 Å². The minimum Gasteiger partial charge on any atom is -0.505 e. The average Bonchev–Trinajstić information content (AvgIpc) is 2.99. The molecule has 6 heteroatoms. The maximum absolute atomic E-state index is 13.9. The topological polar surface area (TPSA) is 76.7 Å². The first-order valence-corrected chi connectivity index (χ1v) is 9.58. The van der Waals surface area contributed by atoms with Crippen LogP contribution in [0, 0.1) is 30.0 Å². The molecule has 0 unspecified atom stereocenters. The van der Waals surface area contributed by atoms with Crippen LogP contribution in [0.25, 0.3) is 12.2 Å². The quantitative estimate of drug-likeness (QED) is 0.738. The summed E-state index contributed by atoms with van der Waals surface area (Å²) in [4.78, 5) is 19.0. The molecular weight excluding hydrogens is 381 g/mol. The van der Waals surface area contributed by atoms with E-state index in [1.54, 1.807) is 48.2 Å². The number of aliphatic imine (C=N–C) groups is 1. The second-order valence-corrected chi connectivity index (χ2v) is 7.55. The van der Waals surface area contributed by atoms with Gasteiger partial charge in [-0.05, 0) is 65.9 Å². The van der Waals surface area contributed by atoms with E-state index in [1.807, 2.05) is 19.9 Å². The molecule has 0 spiro atoms. The second kappa shape index (κ2) is 8.75. The number of amidine groups is 1. The Balaban J connectivity index is 1.97. The van der Waals surface area contributed by atoms with Gasteiger partial charge in [0.2, 0.25) is 0 Å². The molecular formula is C24H22FN3O2. The highest BCUT2D eigenvalue weighted by atomic mass is 19.1. The summed E-state index contributed by atoms with van der Waals surface area (Å²) < 4.78 is 13.9. The van der Waals surface area contributed by atoms with Crippen LogP contribution < -0.4 is 0 Å². The number of hydrogen-bond acceptors (Lipinski definition) is 4. The van der Waals surface area contributed by atoms with E-state index in [0.29, 0.717) is 29.1 Å². The fourth-order valence-electron chi connectivity index (χ4n) is 3.12. The highest BCUT2D eigenvalue weighted by molar-refractivity contribution is 6.18. The Labute approximate surface area is 175 Å². The van der Waals surface area contributed by atoms with Crippen molar-refractivity contribution in [2.45, 2.75) is 20.8 Å². The Morgan fingerprint density at radius 2 is 2.00 bits per heavy atom. The molecule has 3 rings (SSSR count). The Kier molecular flexibility index (Phi) is 6.12. The van der Waals surface area contributed by atoms with Gasteiger partial charge in [-0.2, -0.15) is 5.26 Å². The first-order valence-electron chi connectivity index (χ1n) is 9.58. The molecule has 1 aliphatic rings. The summed E-state index contributed by atoms with van der Waals surface area (Å²) in [6.45, 7) is 6.09. The first-order chi connectivity index (χ1) is 14.3. The predicted octanol–water partition coefficient (Wildman–Crippen LogP) is 4.66. The van der Waals surface area contributed by atoms with E-state index in [0.717, 1.165) is 5.56 Å². The maximum atomic E-state index is 13.9. The number of halogens is 1. The van der Waals surface area contributed by atoms with Crippen molar-refractivity contribution >= 4 is 23.9 Å². The molecule has 152 valence electrons. The Morgan fingerprint density at radius 1 is 1.23 bits per heavy atom. The molecule has 5 nitrogen and oxygen atoms in total. The third kappa shape index (κ3) is 4.64. The van der Waals surface area contributed by atoms with Crippen LogP contribution in [0.4, 0.5) is 4.39 Å². The van der Waals surface area contributed by atoms with Gasteiger partial charge in [0.05, 0.1) is 11.6 Å². The predicted molar refractivity (Wildman–Crippen MR) is 115 cm³/mol. The fraction of sp³-hybridized carbons (Fsp3) is 0.208. The van der Waals surface area contributed by atoms with Crippen molar-refractivity contribution < 1.29 is 14.3 Å². The molecule has 0 radical (unpaired) electrons. The van der Waals surface area contributed by atoms with E-state index >= 15 is 0 Å². The lowest BCUT2D eigenvalue weighted by atomic mass is 10.1. The fourth-order valence-corrected chi connectivity index (χ4v) is 3.12. The van der Waals surface area contributed by atoms with Crippen molar-refractivity contribution in [3.63, 3.8) is 0 Å². The number of nitrogens with zero attached hydrogens (tertiary/aromatic N) is 3. The highest BCUT2D eigenvalue weighted by Crippen LogP contribution is 2.26. The molecule has 30 heavy (non-hydrogen) atoms. The number of benzene rings is 2. The Hall–Kier alpha value is -3.72. The normalized spacial score (nSPS) is 15.3. The van der Waals surface area contributed by atoms with Gasteiger partial charge < -0.3 is 5.11 Å². The summed E-state index contributed by atoms with van der Waals surface area (Å²) in [5.74, 6) is -0.698. The number of carbonyl (C=O) groups is 1. The summed E-state index contributed by atoms with van der Waals surface area (Å²) in [5, 5.41) is 18.7. The number of phenolic OH excluding ortho intramolecular Hbond substituents is 1. The highest BCUT2D eigenvalue weighted by Gasteiger charge is 2.29. The summed E-state index contributed by atoms with van der Waals surface area (Å²) in [5.41, 5.74) is 2.40. The van der Waals surface area contributed by atoms with Gasteiger partial charge in [0.1, 0.15) is 11.5 Å². The smallest absolute Gasteiger partial charge is 0.278 e. The molecule has 1 N–H and O–H groups in total. The maximum Gasteiger partial charge on any atom is 0.278 e. The summed E-state index contributed by atoms with van der Waals surface area (Å²) in [6, 6.07) is 12.0. The van der Waals surface area contributed by atoms with Crippen molar-refractivity contribution in [2.75, 3.05) is 6.54 Å². The monoisotopic (exact) mass is 403 g/mol. The summed E-state index contributed by atoms with van der Waals surface area (Å²) >= 11 is 0. The van der Waals surface area contributed by atoms with Crippen LogP contribution in [-0.4, -0.2) is 28.3 Å². The van der Waals surface area contributed by atoms with Gasteiger partial charge in [0.15, 0.2) is 11.6 Å². The minimum absolute atomic E-state index is 0.200. The summed E-state index contributed by atoms with van der Waals surface area (Å²) in [7, 11) is 0. The van der Waals surface area contributed by atoms with E-state index in [4.69, 9.17) is 5.26 Å². The zero-order valence-electron chi connectivity index (χ0n) is 17.1. The molecule has 0 saturated carbocycles. The van der Waals surface area contributed by atoms with Crippen LogP contribution in [-0.2, 0) is 4.79 Å². The number of phenols is 1. The van der Waals surface area contributed by atoms with Gasteiger partial charge in [-0.1, -0.05) is 32.1 Å². The van der Waals surface area contributed by atoms with Gasteiger partial charge in [0, 0.05) is 6.54 Å². The lowest BCUT2D eigenvalue weighted by Crippen LogP contribution is -2.34. The van der Waals surface area contributed by atoms with Crippen molar-refractivity contribution in [3.05, 3.63) is 76.2 Å². The van der Waals surface area contributed by atoms with Crippen LogP contribution in [0.3, 0.4) is 0 Å². The number of rotatable bonds is 5. The van der Waals surface area contributed by atoms with Crippen LogP contribution >= 0.6 is 0 Å². The van der Waals surface area contributed by atoms with E-state index < -0.39 is 11.6 Å². The second-order valence-electron chi connectivity index (χ2n) is 7.55. The lowest BCUT2D eigenvalue weighted by molar-refractivity contribution is -0.122. The van der Waals surface area contributed by atoms with Crippen molar-refractivity contribution in [1.82, 2.24) is 4.90 Å². The minimum atomic E-state index is -0.743. The van der Waals surface area contributed by atoms with E-state index in [-0.39, 0.29) is 17.5 Å². The number of aryl methyl sites for hydroxylation is 1. The van der Waals surface area contributed by atoms with Crippen molar-refractivity contribution in [3.8, 4) is 11.8 Å². The Bertz CT molecular complexity index is 1100. The van der Waals surface area contributed by atoms with E-state index in [9.17, 15) is 14.3 Å². The first kappa shape index (κ1) is 21.0. The standard InChI is InChI=1S/C24H22FN3O2/c1-15(2)14-28-22(8-7-17-5-4-6-18(10-17)13-26)27-21(24(28)30)12-19-9-16(3)23(29)20(25)11-19/h4-12,15,29H,14H2,1-3H3/b8-7+,21-12-. The van der Waals surface area contributed by atoms with E-state index in [2.05, 4.69) is 11.1 Å². The van der Waals surface area contributed by atoms with Gasteiger partial charge in [-0.15, -0.1) is 0 Å². The van der Waals surface area contributed by atoms with Crippen molar-refractivity contribution in [2.24, 2.45) is 10.9 Å². The molecule has 0 bridgehead atoms. The molecule has 0 saturated heterocycles. The average molecular weight is 403 g/mol. The molecule has 2 aromatic carbocycles. The van der Waals surface area contributed by atoms with Gasteiger partial charge in [-0.3, -0.25) is 9.69 Å². The number of carbonyl (C=O) groups excluding carboxylic acids is 1. The number of aromatic hydroxyl groups is 1. The largest absolute Gasteiger partial charge is 0.505 e. The zero-order valence-corrected chi connectivity index (χ0v) is 17.1. The van der Waals surface area contributed by atoms with Crippen LogP contribution in [0.1, 0.15) is 36.1 Å². The molecule has 1 amide bonds. The molecule has 1 heterocycles. The van der Waals surface area contributed by atoms with Crippen LogP contribution in [0.2, 0.25) is 0 Å². The SMILES string of the molecule is Cc1cc(/C=C2N=C(/C=C/c3cccc(C#N)c3)N(CC(C)C)C\2=O)cc(F)c1O.